The lowest BCUT2D eigenvalue weighted by molar-refractivity contribution is -0.135. The van der Waals surface area contributed by atoms with Crippen LogP contribution >= 0.6 is 0 Å². The summed E-state index contributed by atoms with van der Waals surface area (Å²) in [5, 5.41) is 0. The summed E-state index contributed by atoms with van der Waals surface area (Å²) in [6, 6.07) is 5.38. The van der Waals surface area contributed by atoms with E-state index in [-0.39, 0.29) is 30.1 Å². The molecule has 0 unspecified atom stereocenters. The molecule has 0 radical (unpaired) electrons. The van der Waals surface area contributed by atoms with Crippen LogP contribution in [0.4, 0.5) is 0 Å². The molecule has 1 aromatic carbocycles. The van der Waals surface area contributed by atoms with Crippen LogP contribution in [0.3, 0.4) is 0 Å². The fourth-order valence-electron chi connectivity index (χ4n) is 3.92. The molecule has 24 heavy (non-hydrogen) atoms. The summed E-state index contributed by atoms with van der Waals surface area (Å²) in [6.45, 7) is 1.61. The smallest absolute Gasteiger partial charge is 0.338 e. The quantitative estimate of drug-likeness (QED) is 0.792. The van der Waals surface area contributed by atoms with Crippen LogP contribution < -0.4 is 9.47 Å². The molecule has 2 aliphatic rings. The van der Waals surface area contributed by atoms with E-state index in [9.17, 15) is 9.59 Å². The number of benzene rings is 1. The summed E-state index contributed by atoms with van der Waals surface area (Å²) in [4.78, 5) is 26.1. The third-order valence-electron chi connectivity index (χ3n) is 4.95. The van der Waals surface area contributed by atoms with Crippen molar-refractivity contribution in [2.45, 2.75) is 50.8 Å². The summed E-state index contributed by atoms with van der Waals surface area (Å²) in [6.07, 6.45) is 3.28. The molecule has 6 heteroatoms. The number of methoxy groups -OCH3 is 2. The van der Waals surface area contributed by atoms with Crippen LogP contribution in [0.5, 0.6) is 11.5 Å². The van der Waals surface area contributed by atoms with Crippen molar-refractivity contribution in [3.05, 3.63) is 23.8 Å². The predicted molar refractivity (Wildman–Crippen MR) is 87.3 cm³/mol. The van der Waals surface area contributed by atoms with Gasteiger partial charge in [-0.1, -0.05) is 0 Å². The van der Waals surface area contributed by atoms with Crippen LogP contribution in [0, 0.1) is 0 Å². The minimum atomic E-state index is -0.364. The van der Waals surface area contributed by atoms with E-state index in [1.165, 1.54) is 7.11 Å². The second-order valence-electron chi connectivity index (χ2n) is 6.38. The molecular weight excluding hydrogens is 310 g/mol. The molecule has 0 saturated carbocycles. The van der Waals surface area contributed by atoms with Gasteiger partial charge in [-0.3, -0.25) is 4.79 Å². The molecule has 3 rings (SSSR count). The van der Waals surface area contributed by atoms with Crippen LogP contribution in [0.1, 0.15) is 43.0 Å². The normalized spacial score (nSPS) is 25.3. The van der Waals surface area contributed by atoms with Gasteiger partial charge >= 0.3 is 5.97 Å². The Bertz CT molecular complexity index is 630. The van der Waals surface area contributed by atoms with E-state index in [4.69, 9.17) is 14.2 Å². The maximum atomic E-state index is 12.4. The first kappa shape index (κ1) is 16.6. The van der Waals surface area contributed by atoms with Gasteiger partial charge in [0.1, 0.15) is 6.10 Å². The average Bonchev–Trinajstić information content (AvgIpc) is 2.85. The van der Waals surface area contributed by atoms with Gasteiger partial charge in [0.05, 0.1) is 19.8 Å². The molecule has 1 amide bonds. The monoisotopic (exact) mass is 333 g/mol. The molecule has 6 nitrogen and oxygen atoms in total. The van der Waals surface area contributed by atoms with Crippen molar-refractivity contribution >= 4 is 11.9 Å². The standard InChI is InChI=1S/C18H23NO5/c1-11(20)19-13-5-6-14(19)10-15(9-13)24-18(21)12-4-7-16(22-2)17(8-12)23-3/h4,7-8,13-15H,5-6,9-10H2,1-3H3/t13-,14-/m1/s1. The Hall–Kier alpha value is -2.24. The number of carbonyl (C=O) groups excluding carboxylic acids is 2. The molecule has 1 aromatic rings. The number of rotatable bonds is 4. The maximum absolute atomic E-state index is 12.4. The number of hydrogen-bond donors (Lipinski definition) is 0. The highest BCUT2D eigenvalue weighted by molar-refractivity contribution is 5.90. The fourth-order valence-corrected chi connectivity index (χ4v) is 3.92. The highest BCUT2D eigenvalue weighted by Gasteiger charge is 2.43. The first-order valence-corrected chi connectivity index (χ1v) is 8.25. The molecule has 2 saturated heterocycles. The van der Waals surface area contributed by atoms with Gasteiger partial charge in [-0.25, -0.2) is 4.79 Å². The number of hydrogen-bond acceptors (Lipinski definition) is 5. The van der Waals surface area contributed by atoms with Gasteiger partial charge in [0, 0.05) is 31.8 Å². The lowest BCUT2D eigenvalue weighted by Gasteiger charge is -2.38. The summed E-state index contributed by atoms with van der Waals surface area (Å²) in [7, 11) is 3.08. The Morgan fingerprint density at radius 2 is 1.67 bits per heavy atom. The zero-order valence-electron chi connectivity index (χ0n) is 14.3. The number of carbonyl (C=O) groups is 2. The summed E-state index contributed by atoms with van der Waals surface area (Å²) in [5.41, 5.74) is 0.439. The van der Waals surface area contributed by atoms with E-state index in [0.29, 0.717) is 17.1 Å². The maximum Gasteiger partial charge on any atom is 0.338 e. The van der Waals surface area contributed by atoms with Gasteiger partial charge < -0.3 is 19.1 Å². The number of amides is 1. The number of piperidine rings is 1. The zero-order chi connectivity index (χ0) is 17.3. The topological polar surface area (TPSA) is 65.1 Å². The molecule has 0 N–H and O–H groups in total. The van der Waals surface area contributed by atoms with Crippen LogP contribution in [-0.4, -0.2) is 49.2 Å². The van der Waals surface area contributed by atoms with Crippen LogP contribution in [0.2, 0.25) is 0 Å². The molecule has 2 heterocycles. The van der Waals surface area contributed by atoms with E-state index < -0.39 is 0 Å². The van der Waals surface area contributed by atoms with Gasteiger partial charge in [-0.05, 0) is 31.0 Å². The minimum Gasteiger partial charge on any atom is -0.493 e. The molecule has 2 bridgehead atoms. The summed E-state index contributed by atoms with van der Waals surface area (Å²) >= 11 is 0. The zero-order valence-corrected chi connectivity index (χ0v) is 14.3. The van der Waals surface area contributed by atoms with Crippen molar-refractivity contribution in [2.75, 3.05) is 14.2 Å². The van der Waals surface area contributed by atoms with Crippen molar-refractivity contribution in [3.8, 4) is 11.5 Å². The molecule has 0 spiro atoms. The second kappa shape index (κ2) is 6.71. The molecule has 2 aliphatic heterocycles. The van der Waals surface area contributed by atoms with E-state index in [1.54, 1.807) is 32.2 Å². The third kappa shape index (κ3) is 3.05. The first-order chi connectivity index (χ1) is 11.5. The van der Waals surface area contributed by atoms with Crippen molar-refractivity contribution < 1.29 is 23.8 Å². The van der Waals surface area contributed by atoms with Crippen LogP contribution in [0.15, 0.2) is 18.2 Å². The first-order valence-electron chi connectivity index (χ1n) is 8.25. The van der Waals surface area contributed by atoms with E-state index >= 15 is 0 Å². The van der Waals surface area contributed by atoms with E-state index in [1.807, 2.05) is 4.90 Å². The number of nitrogens with zero attached hydrogens (tertiary/aromatic N) is 1. The summed E-state index contributed by atoms with van der Waals surface area (Å²) in [5.74, 6) is 0.823. The van der Waals surface area contributed by atoms with Crippen LogP contribution in [-0.2, 0) is 9.53 Å². The second-order valence-corrected chi connectivity index (χ2v) is 6.38. The number of ether oxygens (including phenoxy) is 3. The number of fused-ring (bicyclic) bond motifs is 2. The Kier molecular flexibility index (Phi) is 4.64. The summed E-state index contributed by atoms with van der Waals surface area (Å²) < 4.78 is 16.1. The van der Waals surface area contributed by atoms with Gasteiger partial charge in [-0.2, -0.15) is 0 Å². The van der Waals surface area contributed by atoms with Crippen molar-refractivity contribution in [2.24, 2.45) is 0 Å². The van der Waals surface area contributed by atoms with Crippen molar-refractivity contribution in [3.63, 3.8) is 0 Å². The molecular formula is C18H23NO5. The largest absolute Gasteiger partial charge is 0.493 e. The fraction of sp³-hybridized carbons (Fsp3) is 0.556. The Labute approximate surface area is 141 Å². The lowest BCUT2D eigenvalue weighted by Crippen LogP contribution is -2.48. The Balaban J connectivity index is 1.67. The SMILES string of the molecule is COc1ccc(C(=O)OC2C[C@H]3CC[C@H](C2)N3C(C)=O)cc1OC. The van der Waals surface area contributed by atoms with Gasteiger partial charge in [0.15, 0.2) is 11.5 Å². The molecule has 2 atom stereocenters. The van der Waals surface area contributed by atoms with E-state index in [2.05, 4.69) is 0 Å². The Morgan fingerprint density at radius 3 is 2.21 bits per heavy atom. The third-order valence-corrected chi connectivity index (χ3v) is 4.95. The average molecular weight is 333 g/mol. The molecule has 0 aliphatic carbocycles. The van der Waals surface area contributed by atoms with Gasteiger partial charge in [-0.15, -0.1) is 0 Å². The minimum absolute atomic E-state index is 0.118. The van der Waals surface area contributed by atoms with Crippen LogP contribution in [0.25, 0.3) is 0 Å². The highest BCUT2D eigenvalue weighted by Crippen LogP contribution is 2.37. The van der Waals surface area contributed by atoms with Crippen molar-refractivity contribution in [1.82, 2.24) is 4.90 Å². The predicted octanol–water partition coefficient (Wildman–Crippen LogP) is 2.40. The molecule has 2 fully saturated rings. The number of esters is 1. The molecule has 0 aromatic heterocycles. The molecule has 130 valence electrons. The van der Waals surface area contributed by atoms with E-state index in [0.717, 1.165) is 25.7 Å². The van der Waals surface area contributed by atoms with Crippen molar-refractivity contribution in [1.29, 1.82) is 0 Å². The van der Waals surface area contributed by atoms with Gasteiger partial charge in [0.2, 0.25) is 5.91 Å². The lowest BCUT2D eigenvalue weighted by atomic mass is 9.99. The highest BCUT2D eigenvalue weighted by atomic mass is 16.5. The van der Waals surface area contributed by atoms with Gasteiger partial charge in [0.25, 0.3) is 0 Å². The Morgan fingerprint density at radius 1 is 1.04 bits per heavy atom.